The highest BCUT2D eigenvalue weighted by atomic mass is 16.4. The number of aryl methyl sites for hydroxylation is 3. The molecule has 1 fully saturated rings. The summed E-state index contributed by atoms with van der Waals surface area (Å²) in [4.78, 5) is 13.2. The highest BCUT2D eigenvalue weighted by Crippen LogP contribution is 2.51. The Balaban J connectivity index is 1.72. The minimum absolute atomic E-state index is 0.446. The minimum Gasteiger partial charge on any atom is -0.481 e. The maximum atomic E-state index is 13.2. The van der Waals surface area contributed by atoms with Crippen molar-refractivity contribution in [1.29, 1.82) is 0 Å². The van der Waals surface area contributed by atoms with E-state index >= 15 is 0 Å². The molecule has 0 saturated heterocycles. The van der Waals surface area contributed by atoms with Crippen LogP contribution in [-0.4, -0.2) is 41.1 Å². The number of aromatic nitrogens is 6. The van der Waals surface area contributed by atoms with Gasteiger partial charge in [-0.15, -0.1) is 10.2 Å². The van der Waals surface area contributed by atoms with E-state index in [0.29, 0.717) is 12.3 Å². The normalized spacial score (nSPS) is 16.7. The Bertz CT molecular complexity index is 1460. The van der Waals surface area contributed by atoms with Crippen molar-refractivity contribution in [2.45, 2.75) is 84.6 Å². The topological polar surface area (TPSA) is 98.7 Å². The first-order chi connectivity index (χ1) is 18.6. The van der Waals surface area contributed by atoms with E-state index in [1.165, 1.54) is 38.5 Å². The van der Waals surface area contributed by atoms with Gasteiger partial charge >= 0.3 is 5.97 Å². The van der Waals surface area contributed by atoms with Gasteiger partial charge in [0.15, 0.2) is 0 Å². The summed E-state index contributed by atoms with van der Waals surface area (Å²) in [6, 6.07) is 12.4. The van der Waals surface area contributed by atoms with Crippen molar-refractivity contribution in [2.24, 2.45) is 18.4 Å². The Labute approximate surface area is 230 Å². The summed E-state index contributed by atoms with van der Waals surface area (Å²) < 4.78 is 3.79. The van der Waals surface area contributed by atoms with Crippen LogP contribution < -0.4 is 0 Å². The molecule has 206 valence electrons. The van der Waals surface area contributed by atoms with Crippen molar-refractivity contribution < 1.29 is 9.90 Å². The van der Waals surface area contributed by atoms with Crippen LogP contribution in [0.4, 0.5) is 0 Å². The fourth-order valence-electron chi connectivity index (χ4n) is 6.62. The first kappa shape index (κ1) is 27.0. The van der Waals surface area contributed by atoms with E-state index in [2.05, 4.69) is 57.9 Å². The summed E-state index contributed by atoms with van der Waals surface area (Å²) in [7, 11) is 1.88. The number of hydrogen-bond acceptors (Lipinski definition) is 5. The Hall–Kier alpha value is -3.55. The van der Waals surface area contributed by atoms with Gasteiger partial charge in [-0.3, -0.25) is 4.79 Å². The Morgan fingerprint density at radius 2 is 1.69 bits per heavy atom. The molecule has 0 radical (unpaired) electrons. The van der Waals surface area contributed by atoms with Gasteiger partial charge in [0.25, 0.3) is 0 Å². The zero-order valence-electron chi connectivity index (χ0n) is 23.8. The number of aliphatic carboxylic acids is 1. The standard InChI is InChI=1S/C31H40N6O2/c1-21-12-14-24(15-13-21)31(30(3,4)29(38)39,26-16-17-27-28(22(26)2)33-35-36(27)5)18-25-19-32-34-37(25)20-23-10-8-6-7-9-11-23/h12-17,19,23H,6-11,18,20H2,1-5H3,(H,38,39). The van der Waals surface area contributed by atoms with Gasteiger partial charge < -0.3 is 5.11 Å². The van der Waals surface area contributed by atoms with E-state index in [4.69, 9.17) is 0 Å². The second-order valence-corrected chi connectivity index (χ2v) is 12.0. The van der Waals surface area contributed by atoms with Gasteiger partial charge in [-0.05, 0) is 69.2 Å². The molecule has 8 heteroatoms. The van der Waals surface area contributed by atoms with Gasteiger partial charge in [0, 0.05) is 25.4 Å². The van der Waals surface area contributed by atoms with Crippen molar-refractivity contribution in [1.82, 2.24) is 30.0 Å². The fraction of sp³-hybridized carbons (Fsp3) is 0.516. The van der Waals surface area contributed by atoms with E-state index < -0.39 is 16.8 Å². The van der Waals surface area contributed by atoms with Crippen molar-refractivity contribution in [3.05, 3.63) is 70.5 Å². The molecule has 1 unspecified atom stereocenters. The van der Waals surface area contributed by atoms with Gasteiger partial charge in [-0.25, -0.2) is 9.36 Å². The second kappa shape index (κ2) is 10.5. The number of carbonyl (C=O) groups is 1. The Kier molecular flexibility index (Phi) is 7.31. The highest BCUT2D eigenvalue weighted by Gasteiger charge is 2.54. The van der Waals surface area contributed by atoms with Crippen molar-refractivity contribution in [3.8, 4) is 0 Å². The molecule has 1 atom stereocenters. The largest absolute Gasteiger partial charge is 0.481 e. The molecule has 1 saturated carbocycles. The third-order valence-electron chi connectivity index (χ3n) is 9.19. The second-order valence-electron chi connectivity index (χ2n) is 12.0. The Morgan fingerprint density at radius 3 is 2.36 bits per heavy atom. The molecule has 2 aromatic carbocycles. The molecule has 2 heterocycles. The predicted octanol–water partition coefficient (Wildman–Crippen LogP) is 5.79. The van der Waals surface area contributed by atoms with E-state index in [9.17, 15) is 9.90 Å². The van der Waals surface area contributed by atoms with Crippen molar-refractivity contribution in [2.75, 3.05) is 0 Å². The van der Waals surface area contributed by atoms with Gasteiger partial charge in [0.05, 0.1) is 22.8 Å². The number of benzene rings is 2. The minimum atomic E-state index is -1.18. The summed E-state index contributed by atoms with van der Waals surface area (Å²) in [5, 5.41) is 28.4. The summed E-state index contributed by atoms with van der Waals surface area (Å²) in [5.41, 5.74) is 4.52. The average Bonchev–Trinajstić information content (AvgIpc) is 3.41. The van der Waals surface area contributed by atoms with Gasteiger partial charge in [0.2, 0.25) is 0 Å². The summed E-state index contributed by atoms with van der Waals surface area (Å²) in [6.07, 6.45) is 9.78. The first-order valence-corrected chi connectivity index (χ1v) is 14.1. The number of carboxylic acid groups (broad SMARTS) is 1. The molecule has 1 aliphatic carbocycles. The van der Waals surface area contributed by atoms with E-state index in [-0.39, 0.29) is 0 Å². The molecule has 39 heavy (non-hydrogen) atoms. The molecule has 0 spiro atoms. The number of hydrogen-bond donors (Lipinski definition) is 1. The lowest BCUT2D eigenvalue weighted by Gasteiger charge is -2.46. The van der Waals surface area contributed by atoms with Gasteiger partial charge in [0.1, 0.15) is 5.52 Å². The lowest BCUT2D eigenvalue weighted by molar-refractivity contribution is -0.150. The van der Waals surface area contributed by atoms with Gasteiger partial charge in [-0.2, -0.15) is 0 Å². The molecule has 5 rings (SSSR count). The summed E-state index contributed by atoms with van der Waals surface area (Å²) in [5.74, 6) is -0.295. The number of carboxylic acids is 1. The van der Waals surface area contributed by atoms with Crippen molar-refractivity contribution >= 4 is 17.0 Å². The number of nitrogens with zero attached hydrogens (tertiary/aromatic N) is 6. The number of fused-ring (bicyclic) bond motifs is 1. The van der Waals surface area contributed by atoms with Crippen LogP contribution in [-0.2, 0) is 30.2 Å². The zero-order valence-corrected chi connectivity index (χ0v) is 23.8. The molecule has 0 aliphatic heterocycles. The summed E-state index contributed by atoms with van der Waals surface area (Å²) >= 11 is 0. The molecular weight excluding hydrogens is 488 g/mol. The monoisotopic (exact) mass is 528 g/mol. The van der Waals surface area contributed by atoms with E-state index in [0.717, 1.165) is 45.5 Å². The molecule has 2 aromatic heterocycles. The van der Waals surface area contributed by atoms with E-state index in [1.54, 1.807) is 4.68 Å². The van der Waals surface area contributed by atoms with Crippen LogP contribution in [0, 0.1) is 25.2 Å². The third kappa shape index (κ3) is 4.74. The lowest BCUT2D eigenvalue weighted by Crippen LogP contribution is -2.50. The smallest absolute Gasteiger partial charge is 0.310 e. The van der Waals surface area contributed by atoms with E-state index in [1.807, 2.05) is 44.8 Å². The average molecular weight is 529 g/mol. The molecule has 4 aromatic rings. The maximum Gasteiger partial charge on any atom is 0.310 e. The summed E-state index contributed by atoms with van der Waals surface area (Å²) in [6.45, 7) is 8.59. The SMILES string of the molecule is Cc1ccc(C(Cc2cnnn2CC2CCCCCC2)(c2ccc3c(nnn3C)c2C)C(C)(C)C(=O)O)cc1. The van der Waals surface area contributed by atoms with Crippen LogP contribution in [0.3, 0.4) is 0 Å². The van der Waals surface area contributed by atoms with Crippen LogP contribution in [0.2, 0.25) is 0 Å². The Morgan fingerprint density at radius 1 is 1.00 bits per heavy atom. The number of rotatable bonds is 8. The predicted molar refractivity (Wildman–Crippen MR) is 152 cm³/mol. The highest BCUT2D eigenvalue weighted by molar-refractivity contribution is 5.83. The lowest BCUT2D eigenvalue weighted by atomic mass is 9.55. The molecule has 0 bridgehead atoms. The molecule has 1 aliphatic rings. The first-order valence-electron chi connectivity index (χ1n) is 14.1. The third-order valence-corrected chi connectivity index (χ3v) is 9.19. The fourth-order valence-corrected chi connectivity index (χ4v) is 6.62. The maximum absolute atomic E-state index is 13.2. The van der Waals surface area contributed by atoms with Crippen molar-refractivity contribution in [3.63, 3.8) is 0 Å². The van der Waals surface area contributed by atoms with Crippen LogP contribution in [0.5, 0.6) is 0 Å². The van der Waals surface area contributed by atoms with Crippen LogP contribution in [0.1, 0.15) is 80.3 Å². The molecule has 0 amide bonds. The van der Waals surface area contributed by atoms with Crippen LogP contribution >= 0.6 is 0 Å². The van der Waals surface area contributed by atoms with Gasteiger partial charge in [-0.1, -0.05) is 72.0 Å². The molecular formula is C31H40N6O2. The molecule has 8 nitrogen and oxygen atoms in total. The van der Waals surface area contributed by atoms with Crippen LogP contribution in [0.25, 0.3) is 11.0 Å². The zero-order chi connectivity index (χ0) is 27.8. The van der Waals surface area contributed by atoms with Crippen LogP contribution in [0.15, 0.2) is 42.6 Å². The quantitative estimate of drug-likeness (QED) is 0.291. The molecule has 1 N–H and O–H groups in total.